The van der Waals surface area contributed by atoms with Gasteiger partial charge in [-0.15, -0.1) is 0 Å². The fourth-order valence-electron chi connectivity index (χ4n) is 3.38. The summed E-state index contributed by atoms with van der Waals surface area (Å²) in [5.74, 6) is -0.283. The van der Waals surface area contributed by atoms with Gasteiger partial charge in [0, 0.05) is 5.82 Å². The summed E-state index contributed by atoms with van der Waals surface area (Å²) in [6.45, 7) is 8.18. The van der Waals surface area contributed by atoms with E-state index < -0.39 is 30.1 Å². The minimum Gasteiger partial charge on any atom is -0.493 e. The molecular formula is C23H29BO6. The maximum Gasteiger partial charge on any atom is 0.466 e. The lowest BCUT2D eigenvalue weighted by Crippen LogP contribution is -2.41. The Hall–Kier alpha value is -2.51. The average Bonchev–Trinajstić information content (AvgIpc) is 2.92. The zero-order valence-corrected chi connectivity index (χ0v) is 18.2. The van der Waals surface area contributed by atoms with Crippen LogP contribution in [-0.4, -0.2) is 36.5 Å². The monoisotopic (exact) mass is 412 g/mol. The third-order valence-electron chi connectivity index (χ3n) is 5.85. The molecule has 160 valence electrons. The number of rotatable bonds is 8. The Morgan fingerprint density at radius 3 is 2.23 bits per heavy atom. The molecular weight excluding hydrogens is 383 g/mol. The number of carbonyl (C=O) groups is 1. The lowest BCUT2D eigenvalue weighted by Gasteiger charge is -2.32. The highest BCUT2D eigenvalue weighted by Crippen LogP contribution is 2.43. The summed E-state index contributed by atoms with van der Waals surface area (Å²) in [6, 6.07) is 15.3. The van der Waals surface area contributed by atoms with Crippen molar-refractivity contribution in [1.29, 1.82) is 0 Å². The van der Waals surface area contributed by atoms with E-state index in [1.54, 1.807) is 13.2 Å². The topological polar surface area (TPSA) is 74.2 Å². The standard InChI is InChI=1S/C23H29BO6/c1-22(2)23(3,4)30-24(29-22)18(14-21(25)26)17-11-12-19(27-5)20(13-17)28-15-16-9-7-6-8-10-16/h6-13,18H,14-15H2,1-5H3,(H,25,26). The van der Waals surface area contributed by atoms with Gasteiger partial charge in [0.05, 0.1) is 24.7 Å². The van der Waals surface area contributed by atoms with Gasteiger partial charge in [0.1, 0.15) is 6.61 Å². The Labute approximate surface area is 178 Å². The fraction of sp³-hybridized carbons (Fsp3) is 0.435. The van der Waals surface area contributed by atoms with Crippen molar-refractivity contribution in [3.8, 4) is 11.5 Å². The molecule has 7 heteroatoms. The molecule has 0 amide bonds. The lowest BCUT2D eigenvalue weighted by molar-refractivity contribution is -0.137. The molecule has 0 saturated carbocycles. The highest BCUT2D eigenvalue weighted by molar-refractivity contribution is 6.48. The van der Waals surface area contributed by atoms with Crippen molar-refractivity contribution in [1.82, 2.24) is 0 Å². The summed E-state index contributed by atoms with van der Waals surface area (Å²) >= 11 is 0. The number of hydrogen-bond acceptors (Lipinski definition) is 5. The zero-order valence-electron chi connectivity index (χ0n) is 18.2. The van der Waals surface area contributed by atoms with Crippen molar-refractivity contribution in [3.63, 3.8) is 0 Å². The Bertz CT molecular complexity index is 865. The van der Waals surface area contributed by atoms with E-state index in [-0.39, 0.29) is 6.42 Å². The van der Waals surface area contributed by atoms with Crippen molar-refractivity contribution in [2.75, 3.05) is 7.11 Å². The summed E-state index contributed by atoms with van der Waals surface area (Å²) in [4.78, 5) is 11.6. The van der Waals surface area contributed by atoms with Gasteiger partial charge in [0.25, 0.3) is 0 Å². The van der Waals surface area contributed by atoms with Crippen LogP contribution in [-0.2, 0) is 20.7 Å². The molecule has 1 N–H and O–H groups in total. The van der Waals surface area contributed by atoms with E-state index in [0.29, 0.717) is 18.1 Å². The molecule has 3 rings (SSSR count). The summed E-state index contributed by atoms with van der Waals surface area (Å²) in [5.41, 5.74) is 0.693. The first kappa shape index (κ1) is 22.2. The van der Waals surface area contributed by atoms with Gasteiger partial charge in [-0.2, -0.15) is 0 Å². The number of carboxylic acids is 1. The number of methoxy groups -OCH3 is 1. The van der Waals surface area contributed by atoms with Gasteiger partial charge in [-0.3, -0.25) is 4.79 Å². The summed E-state index contributed by atoms with van der Waals surface area (Å²) in [7, 11) is 0.898. The Kier molecular flexibility index (Phi) is 6.43. The molecule has 1 saturated heterocycles. The molecule has 0 spiro atoms. The molecule has 0 radical (unpaired) electrons. The zero-order chi connectivity index (χ0) is 21.9. The fourth-order valence-corrected chi connectivity index (χ4v) is 3.38. The first-order valence-electron chi connectivity index (χ1n) is 10.0. The lowest BCUT2D eigenvalue weighted by atomic mass is 9.66. The molecule has 1 atom stereocenters. The third-order valence-corrected chi connectivity index (χ3v) is 5.85. The number of benzene rings is 2. The van der Waals surface area contributed by atoms with Crippen molar-refractivity contribution < 1.29 is 28.7 Å². The van der Waals surface area contributed by atoms with Crippen LogP contribution < -0.4 is 9.47 Å². The van der Waals surface area contributed by atoms with E-state index in [1.807, 2.05) is 70.2 Å². The average molecular weight is 412 g/mol. The highest BCUT2D eigenvalue weighted by atomic mass is 16.7. The van der Waals surface area contributed by atoms with E-state index in [9.17, 15) is 9.90 Å². The first-order chi connectivity index (χ1) is 14.1. The van der Waals surface area contributed by atoms with Crippen LogP contribution >= 0.6 is 0 Å². The maximum atomic E-state index is 11.6. The predicted molar refractivity (Wildman–Crippen MR) is 115 cm³/mol. The molecule has 0 aliphatic carbocycles. The van der Waals surface area contributed by atoms with Gasteiger partial charge in [-0.1, -0.05) is 36.4 Å². The highest BCUT2D eigenvalue weighted by Gasteiger charge is 2.54. The van der Waals surface area contributed by atoms with Crippen molar-refractivity contribution in [3.05, 3.63) is 59.7 Å². The largest absolute Gasteiger partial charge is 0.493 e. The van der Waals surface area contributed by atoms with Crippen LogP contribution in [0, 0.1) is 0 Å². The molecule has 6 nitrogen and oxygen atoms in total. The van der Waals surface area contributed by atoms with Crippen molar-refractivity contribution in [2.45, 2.75) is 57.7 Å². The second-order valence-corrected chi connectivity index (χ2v) is 8.51. The van der Waals surface area contributed by atoms with Crippen LogP contribution in [0.25, 0.3) is 0 Å². The van der Waals surface area contributed by atoms with E-state index in [1.165, 1.54) is 0 Å². The molecule has 1 heterocycles. The number of hydrogen-bond donors (Lipinski definition) is 1. The van der Waals surface area contributed by atoms with Crippen LogP contribution in [0.3, 0.4) is 0 Å². The molecule has 0 bridgehead atoms. The minimum atomic E-state index is -0.919. The molecule has 30 heavy (non-hydrogen) atoms. The Morgan fingerprint density at radius 1 is 1.03 bits per heavy atom. The molecule has 2 aromatic carbocycles. The SMILES string of the molecule is COc1ccc(C(CC(=O)O)B2OC(C)(C)C(C)(C)O2)cc1OCc1ccccc1. The summed E-state index contributed by atoms with van der Waals surface area (Å²) < 4.78 is 23.7. The first-order valence-corrected chi connectivity index (χ1v) is 10.0. The predicted octanol–water partition coefficient (Wildman–Crippen LogP) is 4.46. The molecule has 1 unspecified atom stereocenters. The van der Waals surface area contributed by atoms with Gasteiger partial charge in [0.2, 0.25) is 0 Å². The second-order valence-electron chi connectivity index (χ2n) is 8.51. The molecule has 1 fully saturated rings. The quantitative estimate of drug-likeness (QED) is 0.646. The van der Waals surface area contributed by atoms with Gasteiger partial charge < -0.3 is 23.9 Å². The van der Waals surface area contributed by atoms with Gasteiger partial charge in [0.15, 0.2) is 11.5 Å². The number of ether oxygens (including phenoxy) is 2. The van der Waals surface area contributed by atoms with E-state index >= 15 is 0 Å². The van der Waals surface area contributed by atoms with Crippen molar-refractivity contribution in [2.24, 2.45) is 0 Å². The van der Waals surface area contributed by atoms with E-state index in [2.05, 4.69) is 0 Å². The third kappa shape index (κ3) is 4.79. The molecule has 1 aliphatic heterocycles. The van der Waals surface area contributed by atoms with Crippen LogP contribution in [0.1, 0.15) is 51.1 Å². The summed E-state index contributed by atoms with van der Waals surface area (Å²) in [6.07, 6.45) is -0.124. The molecule has 2 aromatic rings. The van der Waals surface area contributed by atoms with Gasteiger partial charge in [-0.05, 0) is 51.0 Å². The Balaban J connectivity index is 1.89. The van der Waals surface area contributed by atoms with Crippen LogP contribution in [0.2, 0.25) is 0 Å². The second kappa shape index (κ2) is 8.70. The van der Waals surface area contributed by atoms with Gasteiger partial charge in [-0.25, -0.2) is 0 Å². The number of aliphatic carboxylic acids is 1. The van der Waals surface area contributed by atoms with Gasteiger partial charge >= 0.3 is 13.1 Å². The van der Waals surface area contributed by atoms with E-state index in [4.69, 9.17) is 18.8 Å². The van der Waals surface area contributed by atoms with Crippen LogP contribution in [0.15, 0.2) is 48.5 Å². The number of carboxylic acid groups (broad SMARTS) is 1. The smallest absolute Gasteiger partial charge is 0.466 e. The Morgan fingerprint density at radius 2 is 1.67 bits per heavy atom. The molecule has 1 aliphatic rings. The minimum absolute atomic E-state index is 0.124. The summed E-state index contributed by atoms with van der Waals surface area (Å²) in [5, 5.41) is 9.52. The van der Waals surface area contributed by atoms with Crippen LogP contribution in [0.5, 0.6) is 11.5 Å². The maximum absolute atomic E-state index is 11.6. The van der Waals surface area contributed by atoms with Crippen LogP contribution in [0.4, 0.5) is 0 Å². The normalized spacial score (nSPS) is 18.1. The molecule has 0 aromatic heterocycles. The van der Waals surface area contributed by atoms with E-state index in [0.717, 1.165) is 11.1 Å². The van der Waals surface area contributed by atoms with Crippen molar-refractivity contribution >= 4 is 13.1 Å².